The van der Waals surface area contributed by atoms with Crippen molar-refractivity contribution in [1.82, 2.24) is 19.3 Å². The number of imidazole rings is 1. The average molecular weight is 499 g/mol. The fraction of sp³-hybridized carbons (Fsp3) is 0.276. The third kappa shape index (κ3) is 4.60. The molecule has 0 unspecified atom stereocenters. The summed E-state index contributed by atoms with van der Waals surface area (Å²) in [6.07, 6.45) is 6.35. The lowest BCUT2D eigenvalue weighted by Gasteiger charge is -2.33. The Hall–Kier alpha value is -4.38. The number of ether oxygens (including phenoxy) is 2. The summed E-state index contributed by atoms with van der Waals surface area (Å²) >= 11 is 0. The molecular weight excluding hydrogens is 471 g/mol. The van der Waals surface area contributed by atoms with Crippen LogP contribution in [0.5, 0.6) is 17.2 Å². The largest absolute Gasteiger partial charge is 0.494 e. The zero-order valence-electron chi connectivity index (χ0n) is 21.0. The third-order valence-electron chi connectivity index (χ3n) is 6.55. The van der Waals surface area contributed by atoms with Crippen LogP contribution in [0.2, 0.25) is 0 Å². The molecule has 1 saturated heterocycles. The van der Waals surface area contributed by atoms with Crippen LogP contribution < -0.4 is 9.47 Å². The summed E-state index contributed by atoms with van der Waals surface area (Å²) in [6.45, 7) is 4.31. The van der Waals surface area contributed by atoms with Gasteiger partial charge in [0.1, 0.15) is 11.6 Å². The van der Waals surface area contributed by atoms with Crippen LogP contribution in [-0.2, 0) is 4.79 Å². The number of fused-ring (bicyclic) bond motifs is 1. The van der Waals surface area contributed by atoms with Gasteiger partial charge in [0, 0.05) is 24.0 Å². The fourth-order valence-electron chi connectivity index (χ4n) is 4.81. The van der Waals surface area contributed by atoms with Gasteiger partial charge in [-0.05, 0) is 75.4 Å². The minimum Gasteiger partial charge on any atom is -0.494 e. The van der Waals surface area contributed by atoms with Gasteiger partial charge in [-0.15, -0.1) is 0 Å². The number of carbonyl (C=O) groups is 1. The number of amides is 1. The van der Waals surface area contributed by atoms with Crippen molar-refractivity contribution in [3.63, 3.8) is 0 Å². The smallest absolute Gasteiger partial charge is 0.299 e. The van der Waals surface area contributed by atoms with E-state index >= 15 is 0 Å². The molecule has 0 radical (unpaired) electrons. The SMILES string of the molecule is CC#CC(=O)N1CCCC[C@H]1c1nc(-c2ccc(Oc3cccc(OC)c3F)cc2)c2cncc(C)n12. The molecule has 1 amide bonds. The van der Waals surface area contributed by atoms with E-state index in [1.54, 1.807) is 49.6 Å². The van der Waals surface area contributed by atoms with E-state index in [1.165, 1.54) is 7.11 Å². The van der Waals surface area contributed by atoms with E-state index in [0.29, 0.717) is 12.3 Å². The number of halogens is 1. The highest BCUT2D eigenvalue weighted by Gasteiger charge is 2.32. The van der Waals surface area contributed by atoms with E-state index < -0.39 is 5.82 Å². The zero-order valence-corrected chi connectivity index (χ0v) is 21.0. The molecule has 1 fully saturated rings. The Morgan fingerprint density at radius 3 is 2.65 bits per heavy atom. The second-order valence-corrected chi connectivity index (χ2v) is 8.87. The van der Waals surface area contributed by atoms with Crippen LogP contribution in [0.15, 0.2) is 54.9 Å². The van der Waals surface area contributed by atoms with Crippen LogP contribution in [-0.4, -0.2) is 38.8 Å². The van der Waals surface area contributed by atoms with E-state index in [0.717, 1.165) is 47.6 Å². The van der Waals surface area contributed by atoms with Gasteiger partial charge in [0.05, 0.1) is 30.6 Å². The Labute approximate surface area is 214 Å². The van der Waals surface area contributed by atoms with Crippen molar-refractivity contribution < 1.29 is 18.7 Å². The lowest BCUT2D eigenvalue weighted by Crippen LogP contribution is -2.38. The molecule has 188 valence electrons. The molecule has 2 aromatic heterocycles. The van der Waals surface area contributed by atoms with Crippen LogP contribution in [0, 0.1) is 24.6 Å². The molecule has 8 heteroatoms. The van der Waals surface area contributed by atoms with Gasteiger partial charge < -0.3 is 14.4 Å². The first kappa shape index (κ1) is 24.3. The van der Waals surface area contributed by atoms with Gasteiger partial charge in [0.2, 0.25) is 5.82 Å². The first-order valence-corrected chi connectivity index (χ1v) is 12.2. The molecule has 0 N–H and O–H groups in total. The zero-order chi connectivity index (χ0) is 25.9. The maximum Gasteiger partial charge on any atom is 0.299 e. The van der Waals surface area contributed by atoms with E-state index in [2.05, 4.69) is 21.2 Å². The van der Waals surface area contributed by atoms with Gasteiger partial charge >= 0.3 is 0 Å². The van der Waals surface area contributed by atoms with Gasteiger partial charge in [-0.3, -0.25) is 14.2 Å². The second-order valence-electron chi connectivity index (χ2n) is 8.87. The van der Waals surface area contributed by atoms with Crippen molar-refractivity contribution in [1.29, 1.82) is 0 Å². The van der Waals surface area contributed by atoms with Crippen LogP contribution in [0.1, 0.15) is 43.7 Å². The highest BCUT2D eigenvalue weighted by atomic mass is 19.1. The van der Waals surface area contributed by atoms with Gasteiger partial charge in [-0.25, -0.2) is 4.98 Å². The summed E-state index contributed by atoms with van der Waals surface area (Å²) in [6, 6.07) is 11.9. The van der Waals surface area contributed by atoms with E-state index in [4.69, 9.17) is 14.5 Å². The summed E-state index contributed by atoms with van der Waals surface area (Å²) < 4.78 is 27.4. The predicted octanol–water partition coefficient (Wildman–Crippen LogP) is 5.72. The number of carbonyl (C=O) groups excluding carboxylic acids is 1. The molecule has 0 bridgehead atoms. The standard InChI is InChI=1S/C29H27FN4O3/c1-4-8-26(35)33-16-6-5-9-22(33)29-32-28(23-18-31-17-19(2)34(23)29)20-12-14-21(15-13-20)37-25-11-7-10-24(36-3)27(25)30/h7,10-15,17-18,22H,5-6,9,16H2,1-3H3/t22-/m0/s1. The van der Waals surface area contributed by atoms with E-state index in [9.17, 15) is 9.18 Å². The number of aromatic nitrogens is 3. The maximum absolute atomic E-state index is 14.5. The molecule has 1 atom stereocenters. The van der Waals surface area contributed by atoms with Gasteiger partial charge in [-0.1, -0.05) is 12.0 Å². The van der Waals surface area contributed by atoms with Crippen LogP contribution in [0.4, 0.5) is 4.39 Å². The van der Waals surface area contributed by atoms with Crippen LogP contribution in [0.3, 0.4) is 0 Å². The molecule has 1 aliphatic heterocycles. The fourth-order valence-corrected chi connectivity index (χ4v) is 4.81. The minimum atomic E-state index is -0.556. The van der Waals surface area contributed by atoms with E-state index in [-0.39, 0.29) is 23.4 Å². The van der Waals surface area contributed by atoms with Crippen molar-refractivity contribution in [2.75, 3.05) is 13.7 Å². The number of hydrogen-bond donors (Lipinski definition) is 0. The normalized spacial score (nSPS) is 15.2. The Bertz CT molecular complexity index is 1520. The van der Waals surface area contributed by atoms with Gasteiger partial charge in [0.25, 0.3) is 5.91 Å². The monoisotopic (exact) mass is 498 g/mol. The molecule has 7 nitrogen and oxygen atoms in total. The number of hydrogen-bond acceptors (Lipinski definition) is 5. The van der Waals surface area contributed by atoms with Gasteiger partial charge in [0.15, 0.2) is 11.5 Å². The van der Waals surface area contributed by atoms with Crippen molar-refractivity contribution in [3.05, 3.63) is 72.2 Å². The number of piperidine rings is 1. The number of methoxy groups -OCH3 is 1. The first-order chi connectivity index (χ1) is 18.0. The third-order valence-corrected chi connectivity index (χ3v) is 6.55. The Morgan fingerprint density at radius 2 is 1.89 bits per heavy atom. The van der Waals surface area contributed by atoms with Crippen LogP contribution >= 0.6 is 0 Å². The topological polar surface area (TPSA) is 69.0 Å². The summed E-state index contributed by atoms with van der Waals surface area (Å²) in [4.78, 5) is 24.1. The van der Waals surface area contributed by atoms with Crippen LogP contribution in [0.25, 0.3) is 16.8 Å². The summed E-state index contributed by atoms with van der Waals surface area (Å²) in [5.41, 5.74) is 3.39. The predicted molar refractivity (Wildman–Crippen MR) is 138 cm³/mol. The molecule has 0 aliphatic carbocycles. The molecule has 0 spiro atoms. The highest BCUT2D eigenvalue weighted by molar-refractivity contribution is 5.93. The van der Waals surface area contributed by atoms with Crippen molar-refractivity contribution >= 4 is 11.4 Å². The number of rotatable bonds is 5. The Kier molecular flexibility index (Phi) is 6.78. The molecule has 2 aromatic carbocycles. The summed E-state index contributed by atoms with van der Waals surface area (Å²) in [7, 11) is 1.41. The molecule has 4 aromatic rings. The Morgan fingerprint density at radius 1 is 1.11 bits per heavy atom. The maximum atomic E-state index is 14.5. The minimum absolute atomic E-state index is 0.0823. The summed E-state index contributed by atoms with van der Waals surface area (Å²) in [5, 5.41) is 0. The summed E-state index contributed by atoms with van der Waals surface area (Å²) in [5.74, 6) is 6.17. The first-order valence-electron chi connectivity index (χ1n) is 12.2. The van der Waals surface area contributed by atoms with Gasteiger partial charge in [-0.2, -0.15) is 4.39 Å². The lowest BCUT2D eigenvalue weighted by atomic mass is 10.0. The number of benzene rings is 2. The molecule has 37 heavy (non-hydrogen) atoms. The number of nitrogens with zero attached hydrogens (tertiary/aromatic N) is 4. The van der Waals surface area contributed by atoms with Crippen molar-refractivity contribution in [2.45, 2.75) is 39.2 Å². The highest BCUT2D eigenvalue weighted by Crippen LogP contribution is 2.36. The quantitative estimate of drug-likeness (QED) is 0.329. The average Bonchev–Trinajstić information content (AvgIpc) is 3.31. The van der Waals surface area contributed by atoms with E-state index in [1.807, 2.05) is 24.0 Å². The number of likely N-dealkylation sites (tertiary alicyclic amines) is 1. The van der Waals surface area contributed by atoms with Crippen molar-refractivity contribution in [3.8, 4) is 40.3 Å². The molecule has 1 aliphatic rings. The van der Waals surface area contributed by atoms with Crippen molar-refractivity contribution in [2.24, 2.45) is 0 Å². The molecule has 5 rings (SSSR count). The molecular formula is C29H27FN4O3. The Balaban J connectivity index is 1.52. The molecule has 0 saturated carbocycles. The lowest BCUT2D eigenvalue weighted by molar-refractivity contribution is -0.129. The number of aryl methyl sites for hydroxylation is 1. The second kappa shape index (κ2) is 10.3. The molecule has 3 heterocycles.